The summed E-state index contributed by atoms with van der Waals surface area (Å²) in [6, 6.07) is 21.8. The summed E-state index contributed by atoms with van der Waals surface area (Å²) >= 11 is 0. The molecule has 0 bridgehead atoms. The Balaban J connectivity index is 1.62. The highest BCUT2D eigenvalue weighted by Gasteiger charge is 2.13. The van der Waals surface area contributed by atoms with Crippen molar-refractivity contribution in [3.05, 3.63) is 101 Å². The molecule has 0 aliphatic rings. The van der Waals surface area contributed by atoms with Gasteiger partial charge in [0.25, 0.3) is 11.8 Å². The average Bonchev–Trinajstić information content (AvgIpc) is 2.73. The topological polar surface area (TPSA) is 95.5 Å². The minimum Gasteiger partial charge on any atom is -0.478 e. The van der Waals surface area contributed by atoms with Crippen LogP contribution in [-0.4, -0.2) is 22.9 Å². The van der Waals surface area contributed by atoms with E-state index in [9.17, 15) is 19.5 Å². The largest absolute Gasteiger partial charge is 0.478 e. The van der Waals surface area contributed by atoms with Crippen molar-refractivity contribution in [2.75, 3.05) is 5.32 Å². The van der Waals surface area contributed by atoms with Crippen molar-refractivity contribution in [2.24, 2.45) is 0 Å². The van der Waals surface area contributed by atoms with E-state index >= 15 is 0 Å². The second-order valence-corrected chi connectivity index (χ2v) is 6.05. The molecule has 0 saturated heterocycles. The Morgan fingerprint density at radius 3 is 2.00 bits per heavy atom. The average molecular weight is 374 g/mol. The third-order valence-electron chi connectivity index (χ3n) is 4.11. The molecule has 0 radical (unpaired) electrons. The quantitative estimate of drug-likeness (QED) is 0.615. The van der Waals surface area contributed by atoms with Crippen LogP contribution in [0.1, 0.15) is 36.6 Å². The first-order valence-corrected chi connectivity index (χ1v) is 8.60. The minimum atomic E-state index is -1.11. The van der Waals surface area contributed by atoms with Gasteiger partial charge in [-0.25, -0.2) is 4.79 Å². The normalized spacial score (nSPS) is 10.1. The number of hydrogen-bond donors (Lipinski definition) is 3. The van der Waals surface area contributed by atoms with Crippen LogP contribution in [0.25, 0.3) is 0 Å². The Morgan fingerprint density at radius 2 is 1.32 bits per heavy atom. The molecule has 3 N–H and O–H groups in total. The van der Waals surface area contributed by atoms with E-state index in [1.165, 1.54) is 12.1 Å². The third-order valence-corrected chi connectivity index (χ3v) is 4.11. The van der Waals surface area contributed by atoms with E-state index in [1.807, 2.05) is 6.07 Å². The minimum absolute atomic E-state index is 0.0242. The Bertz CT molecular complexity index is 999. The van der Waals surface area contributed by atoms with Crippen molar-refractivity contribution in [2.45, 2.75) is 6.54 Å². The maximum atomic E-state index is 12.4. The Hall–Kier alpha value is -3.93. The summed E-state index contributed by atoms with van der Waals surface area (Å²) in [5.41, 5.74) is 2.07. The van der Waals surface area contributed by atoms with Crippen molar-refractivity contribution < 1.29 is 19.5 Å². The molecule has 0 saturated carbocycles. The number of nitrogens with one attached hydrogen (secondary N) is 2. The fourth-order valence-corrected chi connectivity index (χ4v) is 2.62. The number of amides is 2. The zero-order chi connectivity index (χ0) is 19.9. The first-order chi connectivity index (χ1) is 13.5. The fraction of sp³-hybridized carbons (Fsp3) is 0.0455. The molecule has 3 aromatic rings. The SMILES string of the molecule is O=C(NCc1ccc(C(=O)Nc2ccccc2C(=O)O)cc1)c1ccccc1. The smallest absolute Gasteiger partial charge is 0.337 e. The molecule has 0 heterocycles. The molecule has 6 heteroatoms. The van der Waals surface area contributed by atoms with E-state index in [4.69, 9.17) is 0 Å². The molecule has 3 aromatic carbocycles. The number of carboxylic acids is 1. The summed E-state index contributed by atoms with van der Waals surface area (Å²) in [6.07, 6.45) is 0. The summed E-state index contributed by atoms with van der Waals surface area (Å²) in [5.74, 6) is -1.69. The number of rotatable bonds is 6. The predicted molar refractivity (Wildman–Crippen MR) is 105 cm³/mol. The molecule has 0 unspecified atom stereocenters. The second-order valence-electron chi connectivity index (χ2n) is 6.05. The van der Waals surface area contributed by atoms with E-state index in [2.05, 4.69) is 10.6 Å². The first kappa shape index (κ1) is 18.8. The van der Waals surface area contributed by atoms with Crippen LogP contribution in [-0.2, 0) is 6.54 Å². The Labute approximate surface area is 161 Å². The van der Waals surface area contributed by atoms with Gasteiger partial charge in [0, 0.05) is 17.7 Å². The highest BCUT2D eigenvalue weighted by Crippen LogP contribution is 2.16. The number of hydrogen-bond acceptors (Lipinski definition) is 3. The van der Waals surface area contributed by atoms with Gasteiger partial charge in [-0.15, -0.1) is 0 Å². The number of carbonyl (C=O) groups is 3. The van der Waals surface area contributed by atoms with Gasteiger partial charge in [-0.2, -0.15) is 0 Å². The molecule has 3 rings (SSSR count). The lowest BCUT2D eigenvalue weighted by atomic mass is 10.1. The molecule has 0 spiro atoms. The number of anilines is 1. The molecule has 6 nitrogen and oxygen atoms in total. The molecule has 2 amide bonds. The van der Waals surface area contributed by atoms with Crippen molar-refractivity contribution >= 4 is 23.5 Å². The molecular formula is C22H18N2O4. The monoisotopic (exact) mass is 374 g/mol. The van der Waals surface area contributed by atoms with E-state index in [1.54, 1.807) is 60.7 Å². The summed E-state index contributed by atoms with van der Waals surface area (Å²) in [4.78, 5) is 35.7. The van der Waals surface area contributed by atoms with Crippen LogP contribution < -0.4 is 10.6 Å². The molecule has 140 valence electrons. The van der Waals surface area contributed by atoms with Gasteiger partial charge >= 0.3 is 5.97 Å². The second kappa shape index (κ2) is 8.64. The lowest BCUT2D eigenvalue weighted by molar-refractivity contribution is 0.0697. The van der Waals surface area contributed by atoms with E-state index in [0.717, 1.165) is 5.56 Å². The molecule has 0 aromatic heterocycles. The van der Waals surface area contributed by atoms with Gasteiger partial charge < -0.3 is 15.7 Å². The van der Waals surface area contributed by atoms with Crippen LogP contribution in [0.3, 0.4) is 0 Å². The first-order valence-electron chi connectivity index (χ1n) is 8.60. The number of benzene rings is 3. The van der Waals surface area contributed by atoms with Crippen molar-refractivity contribution in [1.82, 2.24) is 5.32 Å². The van der Waals surface area contributed by atoms with E-state index in [0.29, 0.717) is 17.7 Å². The summed E-state index contributed by atoms with van der Waals surface area (Å²) < 4.78 is 0. The standard InChI is InChI=1S/C22H18N2O4/c25-20(16-6-2-1-3-7-16)23-14-15-10-12-17(13-11-15)21(26)24-19-9-5-4-8-18(19)22(27)28/h1-13H,14H2,(H,23,25)(H,24,26)(H,27,28). The van der Waals surface area contributed by atoms with Crippen LogP contribution in [0.15, 0.2) is 78.9 Å². The third kappa shape index (κ3) is 4.62. The number of carboxylic acid groups (broad SMARTS) is 1. The number of para-hydroxylation sites is 1. The van der Waals surface area contributed by atoms with Gasteiger partial charge in [0.05, 0.1) is 11.3 Å². The lowest BCUT2D eigenvalue weighted by Gasteiger charge is -2.09. The Morgan fingerprint density at radius 1 is 0.714 bits per heavy atom. The molecule has 0 atom stereocenters. The van der Waals surface area contributed by atoms with Crippen LogP contribution in [0, 0.1) is 0 Å². The van der Waals surface area contributed by atoms with Crippen LogP contribution in [0.2, 0.25) is 0 Å². The lowest BCUT2D eigenvalue weighted by Crippen LogP contribution is -2.22. The summed E-state index contributed by atoms with van der Waals surface area (Å²) in [6.45, 7) is 0.331. The van der Waals surface area contributed by atoms with Crippen LogP contribution in [0.5, 0.6) is 0 Å². The summed E-state index contributed by atoms with van der Waals surface area (Å²) in [7, 11) is 0. The van der Waals surface area contributed by atoms with Gasteiger partial charge in [-0.05, 0) is 42.0 Å². The molecule has 0 aliphatic carbocycles. The van der Waals surface area contributed by atoms with Gasteiger partial charge in [0.15, 0.2) is 0 Å². The maximum absolute atomic E-state index is 12.4. The molecule has 28 heavy (non-hydrogen) atoms. The zero-order valence-corrected chi connectivity index (χ0v) is 14.9. The van der Waals surface area contributed by atoms with Crippen molar-refractivity contribution in [3.8, 4) is 0 Å². The predicted octanol–water partition coefficient (Wildman–Crippen LogP) is 3.57. The molecular weight excluding hydrogens is 356 g/mol. The number of carbonyl (C=O) groups excluding carboxylic acids is 2. The summed E-state index contributed by atoms with van der Waals surface area (Å²) in [5, 5.41) is 14.6. The van der Waals surface area contributed by atoms with Crippen LogP contribution in [0.4, 0.5) is 5.69 Å². The highest BCUT2D eigenvalue weighted by atomic mass is 16.4. The van der Waals surface area contributed by atoms with Crippen molar-refractivity contribution in [1.29, 1.82) is 0 Å². The van der Waals surface area contributed by atoms with Gasteiger partial charge in [-0.1, -0.05) is 42.5 Å². The fourth-order valence-electron chi connectivity index (χ4n) is 2.62. The van der Waals surface area contributed by atoms with E-state index in [-0.39, 0.29) is 17.2 Å². The highest BCUT2D eigenvalue weighted by molar-refractivity contribution is 6.07. The maximum Gasteiger partial charge on any atom is 0.337 e. The van der Waals surface area contributed by atoms with Gasteiger partial charge in [0.1, 0.15) is 0 Å². The number of aromatic carboxylic acids is 1. The van der Waals surface area contributed by atoms with Crippen LogP contribution >= 0.6 is 0 Å². The van der Waals surface area contributed by atoms with Crippen molar-refractivity contribution in [3.63, 3.8) is 0 Å². The molecule has 0 aliphatic heterocycles. The Kier molecular flexibility index (Phi) is 5.81. The van der Waals surface area contributed by atoms with Gasteiger partial charge in [0.2, 0.25) is 0 Å². The van der Waals surface area contributed by atoms with Gasteiger partial charge in [-0.3, -0.25) is 9.59 Å². The zero-order valence-electron chi connectivity index (χ0n) is 14.9. The van der Waals surface area contributed by atoms with E-state index < -0.39 is 11.9 Å². The molecule has 0 fully saturated rings.